The Kier molecular flexibility index (Phi) is 3.94. The molecule has 3 nitrogen and oxygen atoms in total. The molecule has 1 N–H and O–H groups in total. The molecule has 0 bridgehead atoms. The summed E-state index contributed by atoms with van der Waals surface area (Å²) in [6.45, 7) is 6.34. The van der Waals surface area contributed by atoms with Crippen molar-refractivity contribution in [1.82, 2.24) is 9.78 Å². The first-order chi connectivity index (χ1) is 8.47. The number of hydrogen-bond donors (Lipinski definition) is 1. The zero-order valence-corrected chi connectivity index (χ0v) is 13.3. The molecule has 1 unspecified atom stereocenters. The summed E-state index contributed by atoms with van der Waals surface area (Å²) in [6, 6.07) is 6.71. The highest BCUT2D eigenvalue weighted by Crippen LogP contribution is 2.23. The molecule has 0 saturated heterocycles. The molecule has 0 radical (unpaired) electrons. The molecule has 0 aliphatic heterocycles. The molecule has 0 spiro atoms. The molecule has 1 atom stereocenters. The summed E-state index contributed by atoms with van der Waals surface area (Å²) in [5.74, 6) is 0. The first-order valence-corrected chi connectivity index (χ1v) is 7.08. The minimum absolute atomic E-state index is 0.261. The van der Waals surface area contributed by atoms with Crippen LogP contribution in [-0.4, -0.2) is 9.78 Å². The van der Waals surface area contributed by atoms with E-state index in [9.17, 15) is 0 Å². The lowest BCUT2D eigenvalue weighted by Gasteiger charge is -2.15. The number of aromatic nitrogens is 2. The van der Waals surface area contributed by atoms with Crippen LogP contribution in [0.5, 0.6) is 0 Å². The maximum Gasteiger partial charge on any atom is 0.0646 e. The molecule has 18 heavy (non-hydrogen) atoms. The number of halogens is 1. The van der Waals surface area contributed by atoms with Crippen molar-refractivity contribution in [3.05, 3.63) is 44.8 Å². The van der Waals surface area contributed by atoms with E-state index in [1.807, 2.05) is 18.7 Å². The quantitative estimate of drug-likeness (QED) is 0.849. The number of nitrogens with zero attached hydrogens (tertiary/aromatic N) is 2. The smallest absolute Gasteiger partial charge is 0.0646 e. The van der Waals surface area contributed by atoms with Crippen molar-refractivity contribution in [3.8, 4) is 0 Å². The highest BCUT2D eigenvalue weighted by atomic mass is 127. The second kappa shape index (κ2) is 5.30. The number of benzene rings is 1. The van der Waals surface area contributed by atoms with Gasteiger partial charge in [0.15, 0.2) is 0 Å². The standard InChI is InChI=1S/C14H18IN3/c1-9-5-6-12(7-14(9)15)16-10(2)13-8-18(4)17-11(13)3/h5-8,10,16H,1-4H3. The number of hydrogen-bond acceptors (Lipinski definition) is 2. The fraction of sp³-hybridized carbons (Fsp3) is 0.357. The molecule has 1 aromatic heterocycles. The molecule has 2 rings (SSSR count). The van der Waals surface area contributed by atoms with Gasteiger partial charge in [-0.15, -0.1) is 0 Å². The Morgan fingerprint density at radius 2 is 2.06 bits per heavy atom. The van der Waals surface area contributed by atoms with E-state index < -0.39 is 0 Å². The van der Waals surface area contributed by atoms with Crippen LogP contribution in [0.3, 0.4) is 0 Å². The molecule has 0 saturated carbocycles. The molecule has 0 aliphatic rings. The van der Waals surface area contributed by atoms with E-state index in [-0.39, 0.29) is 6.04 Å². The van der Waals surface area contributed by atoms with E-state index in [0.29, 0.717) is 0 Å². The SMILES string of the molecule is Cc1ccc(NC(C)c2cn(C)nc2C)cc1I. The summed E-state index contributed by atoms with van der Waals surface area (Å²) in [6.07, 6.45) is 2.08. The van der Waals surface area contributed by atoms with E-state index in [1.165, 1.54) is 14.7 Å². The van der Waals surface area contributed by atoms with Gasteiger partial charge in [-0.05, 0) is 61.1 Å². The number of anilines is 1. The zero-order chi connectivity index (χ0) is 13.3. The summed E-state index contributed by atoms with van der Waals surface area (Å²) in [5, 5.41) is 7.90. The van der Waals surface area contributed by atoms with Crippen LogP contribution in [0.15, 0.2) is 24.4 Å². The van der Waals surface area contributed by atoms with Gasteiger partial charge in [-0.2, -0.15) is 5.10 Å². The number of aryl methyl sites for hydroxylation is 3. The summed E-state index contributed by atoms with van der Waals surface area (Å²) in [4.78, 5) is 0. The molecule has 1 heterocycles. The minimum Gasteiger partial charge on any atom is -0.378 e. The summed E-state index contributed by atoms with van der Waals surface area (Å²) in [5.41, 5.74) is 4.79. The van der Waals surface area contributed by atoms with E-state index in [1.54, 1.807) is 0 Å². The first-order valence-electron chi connectivity index (χ1n) is 6.00. The third kappa shape index (κ3) is 2.85. The van der Waals surface area contributed by atoms with Crippen LogP contribution in [-0.2, 0) is 7.05 Å². The van der Waals surface area contributed by atoms with E-state index >= 15 is 0 Å². The zero-order valence-electron chi connectivity index (χ0n) is 11.2. The Hall–Kier alpha value is -1.04. The highest BCUT2D eigenvalue weighted by Gasteiger charge is 2.11. The van der Waals surface area contributed by atoms with Crippen LogP contribution in [0.1, 0.15) is 29.8 Å². The fourth-order valence-corrected chi connectivity index (χ4v) is 2.57. The lowest BCUT2D eigenvalue weighted by atomic mass is 10.1. The van der Waals surface area contributed by atoms with Gasteiger partial charge in [0.2, 0.25) is 0 Å². The average Bonchev–Trinajstić information content (AvgIpc) is 2.63. The molecular weight excluding hydrogens is 337 g/mol. The topological polar surface area (TPSA) is 29.9 Å². The normalized spacial score (nSPS) is 12.5. The molecular formula is C14H18IN3. The lowest BCUT2D eigenvalue weighted by Crippen LogP contribution is -2.07. The van der Waals surface area contributed by atoms with Crippen molar-refractivity contribution in [2.24, 2.45) is 7.05 Å². The maximum absolute atomic E-state index is 4.38. The van der Waals surface area contributed by atoms with Gasteiger partial charge < -0.3 is 5.32 Å². The Morgan fingerprint density at radius 1 is 1.33 bits per heavy atom. The van der Waals surface area contributed by atoms with Gasteiger partial charge in [0.1, 0.15) is 0 Å². The second-order valence-corrected chi connectivity index (χ2v) is 5.84. The predicted octanol–water partition coefficient (Wildman–Crippen LogP) is 3.81. The predicted molar refractivity (Wildman–Crippen MR) is 83.9 cm³/mol. The first kappa shape index (κ1) is 13.4. The summed E-state index contributed by atoms with van der Waals surface area (Å²) in [7, 11) is 1.96. The van der Waals surface area contributed by atoms with Gasteiger partial charge in [-0.25, -0.2) is 0 Å². The highest BCUT2D eigenvalue weighted by molar-refractivity contribution is 14.1. The fourth-order valence-electron chi connectivity index (χ4n) is 2.05. The third-order valence-electron chi connectivity index (χ3n) is 3.07. The maximum atomic E-state index is 4.38. The Labute approximate surface area is 122 Å². The van der Waals surface area contributed by atoms with Gasteiger partial charge in [0.25, 0.3) is 0 Å². The van der Waals surface area contributed by atoms with Gasteiger partial charge in [0, 0.05) is 28.1 Å². The van der Waals surface area contributed by atoms with Crippen molar-refractivity contribution >= 4 is 28.3 Å². The van der Waals surface area contributed by atoms with Crippen molar-refractivity contribution in [1.29, 1.82) is 0 Å². The molecule has 1 aromatic carbocycles. The Bertz CT molecular complexity index is 560. The van der Waals surface area contributed by atoms with Gasteiger partial charge in [0.05, 0.1) is 11.7 Å². The Balaban J connectivity index is 2.18. The van der Waals surface area contributed by atoms with E-state index in [0.717, 1.165) is 11.4 Å². The van der Waals surface area contributed by atoms with Crippen molar-refractivity contribution in [2.75, 3.05) is 5.32 Å². The van der Waals surface area contributed by atoms with Crippen molar-refractivity contribution in [2.45, 2.75) is 26.8 Å². The van der Waals surface area contributed by atoms with Crippen LogP contribution in [0.4, 0.5) is 5.69 Å². The Morgan fingerprint density at radius 3 is 2.61 bits per heavy atom. The average molecular weight is 355 g/mol. The van der Waals surface area contributed by atoms with Crippen molar-refractivity contribution < 1.29 is 0 Å². The molecule has 0 fully saturated rings. The summed E-state index contributed by atoms with van der Waals surface area (Å²) >= 11 is 2.37. The molecule has 96 valence electrons. The third-order valence-corrected chi connectivity index (χ3v) is 4.24. The summed E-state index contributed by atoms with van der Waals surface area (Å²) < 4.78 is 3.15. The lowest BCUT2D eigenvalue weighted by molar-refractivity contribution is 0.756. The molecule has 2 aromatic rings. The molecule has 4 heteroatoms. The minimum atomic E-state index is 0.261. The van der Waals surface area contributed by atoms with Gasteiger partial charge in [-0.1, -0.05) is 6.07 Å². The van der Waals surface area contributed by atoms with E-state index in [2.05, 4.69) is 71.2 Å². The van der Waals surface area contributed by atoms with Gasteiger partial charge >= 0.3 is 0 Å². The van der Waals surface area contributed by atoms with Crippen LogP contribution in [0.25, 0.3) is 0 Å². The monoisotopic (exact) mass is 355 g/mol. The van der Waals surface area contributed by atoms with E-state index in [4.69, 9.17) is 0 Å². The molecule has 0 aliphatic carbocycles. The van der Waals surface area contributed by atoms with Crippen LogP contribution >= 0.6 is 22.6 Å². The second-order valence-electron chi connectivity index (χ2n) is 4.67. The number of nitrogens with one attached hydrogen (secondary N) is 1. The van der Waals surface area contributed by atoms with Crippen LogP contribution in [0, 0.1) is 17.4 Å². The van der Waals surface area contributed by atoms with Crippen LogP contribution < -0.4 is 5.32 Å². The van der Waals surface area contributed by atoms with Crippen LogP contribution in [0.2, 0.25) is 0 Å². The number of rotatable bonds is 3. The van der Waals surface area contributed by atoms with Crippen molar-refractivity contribution in [3.63, 3.8) is 0 Å². The largest absolute Gasteiger partial charge is 0.378 e. The van der Waals surface area contributed by atoms with Gasteiger partial charge in [-0.3, -0.25) is 4.68 Å². The molecule has 0 amide bonds.